The van der Waals surface area contributed by atoms with Gasteiger partial charge in [0.1, 0.15) is 11.5 Å². The molecule has 1 aromatic carbocycles. The fourth-order valence-corrected chi connectivity index (χ4v) is 1.83. The first kappa shape index (κ1) is 11.3. The Balaban J connectivity index is 1.87. The first-order valence-corrected chi connectivity index (χ1v) is 5.76. The molecule has 0 fully saturated rings. The van der Waals surface area contributed by atoms with E-state index in [0.29, 0.717) is 5.69 Å². The lowest BCUT2D eigenvalue weighted by Crippen LogP contribution is -2.13. The SMILES string of the molecule is Cc1nc2ccc(NC(=O)c3cnccn3)cc2[nH]1. The fraction of sp³-hybridized carbons (Fsp3) is 0.0769. The number of carbonyl (C=O) groups is 1. The third kappa shape index (κ3) is 2.28. The number of amides is 1. The summed E-state index contributed by atoms with van der Waals surface area (Å²) >= 11 is 0. The molecular formula is C13H11N5O. The Morgan fingerprint density at radius 3 is 3.00 bits per heavy atom. The zero-order chi connectivity index (χ0) is 13.2. The summed E-state index contributed by atoms with van der Waals surface area (Å²) in [4.78, 5) is 27.1. The predicted molar refractivity (Wildman–Crippen MR) is 70.8 cm³/mol. The highest BCUT2D eigenvalue weighted by Crippen LogP contribution is 2.17. The van der Waals surface area contributed by atoms with E-state index in [0.717, 1.165) is 16.9 Å². The summed E-state index contributed by atoms with van der Waals surface area (Å²) in [5.41, 5.74) is 2.72. The first-order chi connectivity index (χ1) is 9.22. The van der Waals surface area contributed by atoms with Crippen molar-refractivity contribution in [2.24, 2.45) is 0 Å². The molecule has 0 bridgehead atoms. The van der Waals surface area contributed by atoms with Gasteiger partial charge in [0.25, 0.3) is 5.91 Å². The van der Waals surface area contributed by atoms with Crippen molar-refractivity contribution in [3.05, 3.63) is 48.3 Å². The highest BCUT2D eigenvalue weighted by atomic mass is 16.1. The number of imidazole rings is 1. The molecule has 6 heteroatoms. The smallest absolute Gasteiger partial charge is 0.275 e. The van der Waals surface area contributed by atoms with Crippen molar-refractivity contribution >= 4 is 22.6 Å². The van der Waals surface area contributed by atoms with Crippen LogP contribution in [0.2, 0.25) is 0 Å². The molecule has 19 heavy (non-hydrogen) atoms. The molecule has 0 aliphatic carbocycles. The maximum atomic E-state index is 11.9. The second-order valence-electron chi connectivity index (χ2n) is 4.10. The van der Waals surface area contributed by atoms with E-state index in [-0.39, 0.29) is 11.6 Å². The van der Waals surface area contributed by atoms with Gasteiger partial charge in [0.15, 0.2) is 0 Å². The molecule has 94 valence electrons. The van der Waals surface area contributed by atoms with Crippen LogP contribution in [-0.4, -0.2) is 25.8 Å². The van der Waals surface area contributed by atoms with E-state index < -0.39 is 0 Å². The molecule has 0 atom stereocenters. The van der Waals surface area contributed by atoms with E-state index >= 15 is 0 Å². The van der Waals surface area contributed by atoms with E-state index in [4.69, 9.17) is 0 Å². The predicted octanol–water partition coefficient (Wildman–Crippen LogP) is 1.91. The van der Waals surface area contributed by atoms with Crippen LogP contribution in [0.15, 0.2) is 36.8 Å². The van der Waals surface area contributed by atoms with E-state index in [1.54, 1.807) is 6.07 Å². The van der Waals surface area contributed by atoms with Gasteiger partial charge in [0.05, 0.1) is 17.2 Å². The molecule has 1 amide bonds. The second kappa shape index (κ2) is 4.49. The average Bonchev–Trinajstić information content (AvgIpc) is 2.79. The topological polar surface area (TPSA) is 83.6 Å². The highest BCUT2D eigenvalue weighted by molar-refractivity contribution is 6.03. The standard InChI is InChI=1S/C13H11N5O/c1-8-16-10-3-2-9(6-11(10)17-8)18-13(19)12-7-14-4-5-15-12/h2-7H,1H3,(H,16,17)(H,18,19). The third-order valence-corrected chi connectivity index (χ3v) is 2.65. The van der Waals surface area contributed by atoms with Crippen molar-refractivity contribution in [3.63, 3.8) is 0 Å². The molecule has 0 saturated carbocycles. The van der Waals surface area contributed by atoms with Crippen LogP contribution < -0.4 is 5.32 Å². The molecule has 0 aliphatic rings. The number of aromatic nitrogens is 4. The van der Waals surface area contributed by atoms with Crippen LogP contribution in [-0.2, 0) is 0 Å². The lowest BCUT2D eigenvalue weighted by Gasteiger charge is -2.03. The van der Waals surface area contributed by atoms with Crippen molar-refractivity contribution < 1.29 is 4.79 Å². The third-order valence-electron chi connectivity index (χ3n) is 2.65. The Kier molecular flexibility index (Phi) is 2.68. The van der Waals surface area contributed by atoms with E-state index in [9.17, 15) is 4.79 Å². The van der Waals surface area contributed by atoms with Gasteiger partial charge in [0.2, 0.25) is 0 Å². The highest BCUT2D eigenvalue weighted by Gasteiger charge is 2.08. The Morgan fingerprint density at radius 2 is 2.21 bits per heavy atom. The molecule has 6 nitrogen and oxygen atoms in total. The maximum Gasteiger partial charge on any atom is 0.275 e. The quantitative estimate of drug-likeness (QED) is 0.730. The van der Waals surface area contributed by atoms with Crippen LogP contribution in [0, 0.1) is 6.92 Å². The van der Waals surface area contributed by atoms with Gasteiger partial charge in [-0.2, -0.15) is 0 Å². The van der Waals surface area contributed by atoms with Gasteiger partial charge < -0.3 is 10.3 Å². The number of anilines is 1. The first-order valence-electron chi connectivity index (χ1n) is 5.76. The number of rotatable bonds is 2. The summed E-state index contributed by atoms with van der Waals surface area (Å²) in [6.45, 7) is 1.89. The molecule has 0 spiro atoms. The number of hydrogen-bond donors (Lipinski definition) is 2. The summed E-state index contributed by atoms with van der Waals surface area (Å²) < 4.78 is 0. The molecule has 3 aromatic rings. The monoisotopic (exact) mass is 253 g/mol. The molecule has 0 saturated heterocycles. The molecule has 2 heterocycles. The summed E-state index contributed by atoms with van der Waals surface area (Å²) in [5.74, 6) is 0.552. The number of H-pyrrole nitrogens is 1. The minimum Gasteiger partial charge on any atom is -0.342 e. The minimum atomic E-state index is -0.288. The molecule has 0 radical (unpaired) electrons. The maximum absolute atomic E-state index is 11.9. The van der Waals surface area contributed by atoms with E-state index in [2.05, 4.69) is 25.3 Å². The lowest BCUT2D eigenvalue weighted by atomic mass is 10.2. The minimum absolute atomic E-state index is 0.281. The van der Waals surface area contributed by atoms with Crippen LogP contribution in [0.4, 0.5) is 5.69 Å². The average molecular weight is 253 g/mol. The number of aryl methyl sites for hydroxylation is 1. The zero-order valence-electron chi connectivity index (χ0n) is 10.2. The van der Waals surface area contributed by atoms with Gasteiger partial charge in [-0.05, 0) is 25.1 Å². The number of benzene rings is 1. The summed E-state index contributed by atoms with van der Waals surface area (Å²) in [7, 11) is 0. The fourth-order valence-electron chi connectivity index (χ4n) is 1.83. The number of hydrogen-bond acceptors (Lipinski definition) is 4. The van der Waals surface area contributed by atoms with E-state index in [1.807, 2.05) is 19.1 Å². The number of carbonyl (C=O) groups excluding carboxylic acids is 1. The second-order valence-corrected chi connectivity index (χ2v) is 4.10. The zero-order valence-corrected chi connectivity index (χ0v) is 10.2. The van der Waals surface area contributed by atoms with Gasteiger partial charge in [-0.1, -0.05) is 0 Å². The molecule has 0 unspecified atom stereocenters. The van der Waals surface area contributed by atoms with E-state index in [1.165, 1.54) is 18.6 Å². The summed E-state index contributed by atoms with van der Waals surface area (Å²) in [6.07, 6.45) is 4.43. The number of nitrogens with one attached hydrogen (secondary N) is 2. The molecule has 3 rings (SSSR count). The van der Waals surface area contributed by atoms with Crippen molar-refractivity contribution in [2.45, 2.75) is 6.92 Å². The molecule has 2 aromatic heterocycles. The van der Waals surface area contributed by atoms with Gasteiger partial charge in [-0.25, -0.2) is 9.97 Å². The summed E-state index contributed by atoms with van der Waals surface area (Å²) in [5, 5.41) is 2.77. The summed E-state index contributed by atoms with van der Waals surface area (Å²) in [6, 6.07) is 5.49. The van der Waals surface area contributed by atoms with Crippen LogP contribution in [0.3, 0.4) is 0 Å². The van der Waals surface area contributed by atoms with Gasteiger partial charge in [0, 0.05) is 18.1 Å². The van der Waals surface area contributed by atoms with Crippen LogP contribution >= 0.6 is 0 Å². The molecule has 0 aliphatic heterocycles. The van der Waals surface area contributed by atoms with Crippen molar-refractivity contribution in [1.29, 1.82) is 0 Å². The van der Waals surface area contributed by atoms with Crippen molar-refractivity contribution in [2.75, 3.05) is 5.32 Å². The Bertz CT molecular complexity index is 735. The van der Waals surface area contributed by atoms with Gasteiger partial charge in [-0.3, -0.25) is 9.78 Å². The Labute approximate surface area is 108 Å². The largest absolute Gasteiger partial charge is 0.342 e. The van der Waals surface area contributed by atoms with Crippen molar-refractivity contribution in [1.82, 2.24) is 19.9 Å². The number of nitrogens with zero attached hydrogens (tertiary/aromatic N) is 3. The van der Waals surface area contributed by atoms with Gasteiger partial charge in [-0.15, -0.1) is 0 Å². The Hall–Kier alpha value is -2.76. The van der Waals surface area contributed by atoms with Gasteiger partial charge >= 0.3 is 0 Å². The van der Waals surface area contributed by atoms with Crippen molar-refractivity contribution in [3.8, 4) is 0 Å². The normalized spacial score (nSPS) is 10.6. The van der Waals surface area contributed by atoms with Crippen LogP contribution in [0.1, 0.15) is 16.3 Å². The molecule has 2 N–H and O–H groups in total. The number of aromatic amines is 1. The van der Waals surface area contributed by atoms with Crippen LogP contribution in [0.5, 0.6) is 0 Å². The lowest BCUT2D eigenvalue weighted by molar-refractivity contribution is 0.102. The van der Waals surface area contributed by atoms with Crippen LogP contribution in [0.25, 0.3) is 11.0 Å². The Morgan fingerprint density at radius 1 is 1.32 bits per heavy atom. The number of fused-ring (bicyclic) bond motifs is 1. The molecular weight excluding hydrogens is 242 g/mol.